The third-order valence-electron chi connectivity index (χ3n) is 2.14. The first-order valence-corrected chi connectivity index (χ1v) is 5.61. The normalized spacial score (nSPS) is 9.41. The third kappa shape index (κ3) is 6.25. The van der Waals surface area contributed by atoms with Crippen molar-refractivity contribution in [1.29, 1.82) is 0 Å². The molecule has 4 nitrogen and oxygen atoms in total. The number of carbonyl (C=O) groups is 1. The zero-order valence-corrected chi connectivity index (χ0v) is 9.82. The van der Waals surface area contributed by atoms with E-state index in [-0.39, 0.29) is 6.03 Å². The predicted molar refractivity (Wildman–Crippen MR) is 67.4 cm³/mol. The molecule has 0 spiro atoms. The molecule has 4 heteroatoms. The van der Waals surface area contributed by atoms with E-state index in [0.717, 1.165) is 12.0 Å². The molecule has 0 aliphatic carbocycles. The zero-order chi connectivity index (χ0) is 12.3. The molecular weight excluding hydrogens is 216 g/mol. The van der Waals surface area contributed by atoms with E-state index >= 15 is 0 Å². The van der Waals surface area contributed by atoms with Gasteiger partial charge in [0, 0.05) is 13.1 Å². The van der Waals surface area contributed by atoms with Crippen LogP contribution >= 0.6 is 0 Å². The Hall–Kier alpha value is -1.97. The lowest BCUT2D eigenvalue weighted by atomic mass is 10.2. The van der Waals surface area contributed by atoms with Crippen molar-refractivity contribution in [1.82, 2.24) is 10.6 Å². The van der Waals surface area contributed by atoms with Gasteiger partial charge in [-0.1, -0.05) is 36.9 Å². The highest BCUT2D eigenvalue weighted by Crippen LogP contribution is 1.96. The van der Waals surface area contributed by atoms with Gasteiger partial charge >= 0.3 is 6.03 Å². The molecule has 0 fully saturated rings. The molecule has 0 radical (unpaired) electrons. The Morgan fingerprint density at radius 1 is 1.29 bits per heavy atom. The fraction of sp³-hybridized carbons (Fsp3) is 0.308. The van der Waals surface area contributed by atoms with Crippen molar-refractivity contribution in [2.75, 3.05) is 13.2 Å². The van der Waals surface area contributed by atoms with Gasteiger partial charge < -0.3 is 15.4 Å². The Kier molecular flexibility index (Phi) is 6.33. The molecule has 0 saturated carbocycles. The largest absolute Gasteiger partial charge is 0.502 e. The second kappa shape index (κ2) is 8.21. The topological polar surface area (TPSA) is 50.4 Å². The van der Waals surface area contributed by atoms with Gasteiger partial charge in [0.1, 0.15) is 0 Å². The minimum absolute atomic E-state index is 0.160. The lowest BCUT2D eigenvalue weighted by Crippen LogP contribution is -2.35. The lowest BCUT2D eigenvalue weighted by Gasteiger charge is -2.07. The number of hydrogen-bond donors (Lipinski definition) is 2. The summed E-state index contributed by atoms with van der Waals surface area (Å²) in [7, 11) is 0. The predicted octanol–water partition coefficient (Wildman–Crippen LogP) is 2.04. The van der Waals surface area contributed by atoms with Crippen LogP contribution in [0.3, 0.4) is 0 Å². The monoisotopic (exact) mass is 234 g/mol. The highest BCUT2D eigenvalue weighted by atomic mass is 16.5. The van der Waals surface area contributed by atoms with Gasteiger partial charge in [-0.3, -0.25) is 0 Å². The molecule has 0 aliphatic heterocycles. The minimum Gasteiger partial charge on any atom is -0.502 e. The molecule has 0 aliphatic rings. The Balaban J connectivity index is 2.07. The molecule has 17 heavy (non-hydrogen) atoms. The Labute approximate surface area is 102 Å². The molecule has 0 unspecified atom stereocenters. The average molecular weight is 234 g/mol. The van der Waals surface area contributed by atoms with Crippen molar-refractivity contribution in [2.24, 2.45) is 0 Å². The fourth-order valence-corrected chi connectivity index (χ4v) is 1.28. The van der Waals surface area contributed by atoms with Crippen molar-refractivity contribution in [2.45, 2.75) is 13.0 Å². The van der Waals surface area contributed by atoms with E-state index in [1.54, 1.807) is 0 Å². The van der Waals surface area contributed by atoms with Crippen molar-refractivity contribution in [3.8, 4) is 0 Å². The number of nitrogens with one attached hydrogen (secondary N) is 2. The summed E-state index contributed by atoms with van der Waals surface area (Å²) in [6, 6.07) is 9.62. The Morgan fingerprint density at radius 2 is 2.06 bits per heavy atom. The van der Waals surface area contributed by atoms with Gasteiger partial charge in [-0.05, 0) is 12.0 Å². The van der Waals surface area contributed by atoms with E-state index < -0.39 is 0 Å². The van der Waals surface area contributed by atoms with Crippen LogP contribution in [0.4, 0.5) is 4.79 Å². The highest BCUT2D eigenvalue weighted by molar-refractivity contribution is 5.73. The quantitative estimate of drug-likeness (QED) is 0.560. The zero-order valence-electron chi connectivity index (χ0n) is 9.82. The first kappa shape index (κ1) is 13.1. The van der Waals surface area contributed by atoms with Gasteiger partial charge in [-0.2, -0.15) is 0 Å². The van der Waals surface area contributed by atoms with Crippen LogP contribution in [0, 0.1) is 0 Å². The van der Waals surface area contributed by atoms with Gasteiger partial charge in [0.05, 0.1) is 12.9 Å². The lowest BCUT2D eigenvalue weighted by molar-refractivity contribution is 0.231. The smallest absolute Gasteiger partial charge is 0.315 e. The van der Waals surface area contributed by atoms with Gasteiger partial charge in [-0.15, -0.1) is 0 Å². The maximum absolute atomic E-state index is 11.4. The number of carbonyl (C=O) groups excluding carboxylic acids is 1. The van der Waals surface area contributed by atoms with Gasteiger partial charge in [-0.25, -0.2) is 4.79 Å². The van der Waals surface area contributed by atoms with Crippen LogP contribution in [0.5, 0.6) is 0 Å². The molecule has 0 bridgehead atoms. The minimum atomic E-state index is -0.160. The molecule has 92 valence electrons. The van der Waals surface area contributed by atoms with Crippen LogP contribution in [-0.4, -0.2) is 19.2 Å². The molecule has 0 aromatic heterocycles. The highest BCUT2D eigenvalue weighted by Gasteiger charge is 1.98. The maximum atomic E-state index is 11.4. The van der Waals surface area contributed by atoms with Crippen LogP contribution in [0.15, 0.2) is 43.2 Å². The molecule has 1 rings (SSSR count). The van der Waals surface area contributed by atoms with Crippen LogP contribution in [0.25, 0.3) is 0 Å². The summed E-state index contributed by atoms with van der Waals surface area (Å²) < 4.78 is 4.94. The molecule has 0 saturated heterocycles. The van der Waals surface area contributed by atoms with Gasteiger partial charge in [0.15, 0.2) is 0 Å². The number of amides is 2. The van der Waals surface area contributed by atoms with Crippen molar-refractivity contribution in [3.63, 3.8) is 0 Å². The first-order valence-electron chi connectivity index (χ1n) is 5.61. The second-order valence-electron chi connectivity index (χ2n) is 3.49. The molecule has 0 heterocycles. The molecule has 1 aromatic rings. The summed E-state index contributed by atoms with van der Waals surface area (Å²) in [4.78, 5) is 11.4. The summed E-state index contributed by atoms with van der Waals surface area (Å²) in [5.74, 6) is 0. The summed E-state index contributed by atoms with van der Waals surface area (Å²) in [6.45, 7) is 5.14. The average Bonchev–Trinajstić information content (AvgIpc) is 2.37. The number of hydrogen-bond acceptors (Lipinski definition) is 2. The summed E-state index contributed by atoms with van der Waals surface area (Å²) in [5, 5.41) is 5.53. The van der Waals surface area contributed by atoms with Crippen molar-refractivity contribution >= 4 is 6.03 Å². The number of benzene rings is 1. The van der Waals surface area contributed by atoms with Crippen LogP contribution in [0.2, 0.25) is 0 Å². The molecular formula is C13H18N2O2. The second-order valence-corrected chi connectivity index (χ2v) is 3.49. The van der Waals surface area contributed by atoms with Crippen LogP contribution in [-0.2, 0) is 11.3 Å². The van der Waals surface area contributed by atoms with E-state index in [1.165, 1.54) is 6.26 Å². The summed E-state index contributed by atoms with van der Waals surface area (Å²) in [5.41, 5.74) is 1.08. The molecule has 1 aromatic carbocycles. The van der Waals surface area contributed by atoms with E-state index in [1.807, 2.05) is 30.3 Å². The molecule has 0 atom stereocenters. The van der Waals surface area contributed by atoms with Crippen LogP contribution < -0.4 is 10.6 Å². The van der Waals surface area contributed by atoms with Crippen molar-refractivity contribution < 1.29 is 9.53 Å². The van der Waals surface area contributed by atoms with E-state index in [0.29, 0.717) is 19.7 Å². The first-order chi connectivity index (χ1) is 8.33. The molecule has 2 amide bonds. The summed E-state index contributed by atoms with van der Waals surface area (Å²) in [6.07, 6.45) is 2.17. The van der Waals surface area contributed by atoms with Gasteiger partial charge in [0.25, 0.3) is 0 Å². The summed E-state index contributed by atoms with van der Waals surface area (Å²) >= 11 is 0. The third-order valence-corrected chi connectivity index (χ3v) is 2.14. The SMILES string of the molecule is C=COCCCNC(=O)NCc1ccccc1. The number of rotatable bonds is 7. The Morgan fingerprint density at radius 3 is 2.76 bits per heavy atom. The molecule has 2 N–H and O–H groups in total. The Bertz CT molecular complexity index is 339. The maximum Gasteiger partial charge on any atom is 0.315 e. The van der Waals surface area contributed by atoms with E-state index in [2.05, 4.69) is 17.2 Å². The van der Waals surface area contributed by atoms with Crippen molar-refractivity contribution in [3.05, 3.63) is 48.7 Å². The number of ether oxygens (including phenoxy) is 1. The fourth-order valence-electron chi connectivity index (χ4n) is 1.28. The number of urea groups is 1. The standard InChI is InChI=1S/C13H18N2O2/c1-2-17-10-6-9-14-13(16)15-11-12-7-4-3-5-8-12/h2-5,7-8H,1,6,9-11H2,(H2,14,15,16). The van der Waals surface area contributed by atoms with E-state index in [4.69, 9.17) is 4.74 Å². The van der Waals surface area contributed by atoms with Crippen LogP contribution in [0.1, 0.15) is 12.0 Å². The van der Waals surface area contributed by atoms with Gasteiger partial charge in [0.2, 0.25) is 0 Å². The van der Waals surface area contributed by atoms with E-state index in [9.17, 15) is 4.79 Å².